The Hall–Kier alpha value is -4.12. The van der Waals surface area contributed by atoms with Crippen LogP contribution in [0, 0.1) is 6.92 Å². The van der Waals surface area contributed by atoms with Gasteiger partial charge in [-0.2, -0.15) is 0 Å². The first-order valence-corrected chi connectivity index (χ1v) is 10.1. The van der Waals surface area contributed by atoms with Gasteiger partial charge in [0.2, 0.25) is 0 Å². The zero-order valence-corrected chi connectivity index (χ0v) is 18.2. The van der Waals surface area contributed by atoms with Gasteiger partial charge in [0.1, 0.15) is 12.4 Å². The van der Waals surface area contributed by atoms with Crippen molar-refractivity contribution in [1.29, 1.82) is 0 Å². The highest BCUT2D eigenvalue weighted by molar-refractivity contribution is 5.87. The number of hydrogen-bond donors (Lipinski definition) is 0. The zero-order chi connectivity index (χ0) is 23.1. The number of ether oxygens (including phenoxy) is 2. The summed E-state index contributed by atoms with van der Waals surface area (Å²) in [7, 11) is 0. The van der Waals surface area contributed by atoms with E-state index < -0.39 is 11.9 Å². The van der Waals surface area contributed by atoms with Crippen LogP contribution >= 0.6 is 0 Å². The van der Waals surface area contributed by atoms with E-state index in [1.807, 2.05) is 61.5 Å². The van der Waals surface area contributed by atoms with E-state index in [0.29, 0.717) is 11.3 Å². The molecule has 0 radical (unpaired) electrons. The number of carbonyl (C=O) groups is 2. The SMILES string of the molecule is C=CC(=O)Oc1ccc(N(c2ccc(COC(=O)C(=C)C)cc2)c2cccc(C)c2)cc1. The van der Waals surface area contributed by atoms with Crippen LogP contribution in [0.1, 0.15) is 18.1 Å². The highest BCUT2D eigenvalue weighted by Crippen LogP contribution is 2.35. The second-order valence-corrected chi connectivity index (χ2v) is 7.32. The molecule has 0 fully saturated rings. The van der Waals surface area contributed by atoms with Crippen LogP contribution < -0.4 is 9.64 Å². The molecule has 0 unspecified atom stereocenters. The van der Waals surface area contributed by atoms with Crippen LogP contribution in [0.4, 0.5) is 17.1 Å². The summed E-state index contributed by atoms with van der Waals surface area (Å²) in [4.78, 5) is 25.2. The van der Waals surface area contributed by atoms with Crippen molar-refractivity contribution in [3.63, 3.8) is 0 Å². The Morgan fingerprint density at radius 2 is 1.56 bits per heavy atom. The van der Waals surface area contributed by atoms with Gasteiger partial charge in [-0.3, -0.25) is 0 Å². The maximum atomic E-state index is 11.6. The van der Waals surface area contributed by atoms with Gasteiger partial charge in [-0.05, 0) is 73.5 Å². The van der Waals surface area contributed by atoms with Gasteiger partial charge in [0.25, 0.3) is 0 Å². The van der Waals surface area contributed by atoms with Gasteiger partial charge in [0, 0.05) is 28.7 Å². The van der Waals surface area contributed by atoms with Gasteiger partial charge >= 0.3 is 11.9 Å². The average Bonchev–Trinajstić information content (AvgIpc) is 2.79. The molecule has 5 heteroatoms. The summed E-state index contributed by atoms with van der Waals surface area (Å²) in [5.41, 5.74) is 5.19. The Labute approximate surface area is 188 Å². The molecule has 0 amide bonds. The fourth-order valence-corrected chi connectivity index (χ4v) is 3.05. The molecule has 0 saturated heterocycles. The number of hydrogen-bond acceptors (Lipinski definition) is 5. The van der Waals surface area contributed by atoms with Crippen LogP contribution in [0.5, 0.6) is 5.75 Å². The first-order chi connectivity index (χ1) is 15.4. The van der Waals surface area contributed by atoms with Crippen LogP contribution in [0.25, 0.3) is 0 Å². The van der Waals surface area contributed by atoms with E-state index in [1.165, 1.54) is 0 Å². The Morgan fingerprint density at radius 3 is 2.12 bits per heavy atom. The molecule has 3 rings (SSSR count). The predicted molar refractivity (Wildman–Crippen MR) is 126 cm³/mol. The Kier molecular flexibility index (Phi) is 7.24. The van der Waals surface area contributed by atoms with Crippen molar-refractivity contribution in [2.75, 3.05) is 4.90 Å². The lowest BCUT2D eigenvalue weighted by Crippen LogP contribution is -2.11. The van der Waals surface area contributed by atoms with E-state index in [0.717, 1.165) is 34.3 Å². The number of aryl methyl sites for hydroxylation is 1. The average molecular weight is 428 g/mol. The highest BCUT2D eigenvalue weighted by atomic mass is 16.5. The van der Waals surface area contributed by atoms with Crippen molar-refractivity contribution in [1.82, 2.24) is 0 Å². The lowest BCUT2D eigenvalue weighted by molar-refractivity contribution is -0.140. The molecule has 3 aromatic carbocycles. The molecule has 0 atom stereocenters. The summed E-state index contributed by atoms with van der Waals surface area (Å²) in [6.45, 7) is 10.8. The molecule has 3 aromatic rings. The monoisotopic (exact) mass is 427 g/mol. The standard InChI is InChI=1S/C27H25NO4/c1-5-26(29)32-25-15-13-23(14-16-25)28(24-8-6-7-20(4)17-24)22-11-9-21(10-12-22)18-31-27(30)19(2)3/h5-17H,1-2,18H2,3-4H3. The molecule has 0 aromatic heterocycles. The summed E-state index contributed by atoms with van der Waals surface area (Å²) < 4.78 is 10.4. The van der Waals surface area contributed by atoms with Gasteiger partial charge in [-0.1, -0.05) is 37.4 Å². The molecule has 5 nitrogen and oxygen atoms in total. The molecule has 0 saturated carbocycles. The summed E-state index contributed by atoms with van der Waals surface area (Å²) >= 11 is 0. The molecule has 0 aliphatic carbocycles. The smallest absolute Gasteiger partial charge is 0.335 e. The van der Waals surface area contributed by atoms with Crippen LogP contribution in [-0.4, -0.2) is 11.9 Å². The van der Waals surface area contributed by atoms with Gasteiger partial charge in [0.05, 0.1) is 0 Å². The highest BCUT2D eigenvalue weighted by Gasteiger charge is 2.13. The third-order valence-corrected chi connectivity index (χ3v) is 4.65. The van der Waals surface area contributed by atoms with E-state index in [9.17, 15) is 9.59 Å². The van der Waals surface area contributed by atoms with Crippen molar-refractivity contribution >= 4 is 29.0 Å². The maximum Gasteiger partial charge on any atom is 0.335 e. The minimum atomic E-state index is -0.503. The second kappa shape index (κ2) is 10.3. The molecular weight excluding hydrogens is 402 g/mol. The molecule has 0 aliphatic rings. The van der Waals surface area contributed by atoms with Crippen molar-refractivity contribution in [2.24, 2.45) is 0 Å². The molecule has 0 aliphatic heterocycles. The Bertz CT molecular complexity index is 1130. The number of benzene rings is 3. The molecule has 0 N–H and O–H groups in total. The largest absolute Gasteiger partial charge is 0.457 e. The van der Waals surface area contributed by atoms with Crippen LogP contribution in [0.2, 0.25) is 0 Å². The number of nitrogens with zero attached hydrogens (tertiary/aromatic N) is 1. The predicted octanol–water partition coefficient (Wildman–Crippen LogP) is 6.18. The first-order valence-electron chi connectivity index (χ1n) is 10.1. The number of rotatable bonds is 8. The molecule has 162 valence electrons. The van der Waals surface area contributed by atoms with E-state index in [-0.39, 0.29) is 6.61 Å². The van der Waals surface area contributed by atoms with E-state index >= 15 is 0 Å². The summed E-state index contributed by atoms with van der Waals surface area (Å²) in [5.74, 6) is -0.471. The number of carbonyl (C=O) groups excluding carboxylic acids is 2. The molecule has 32 heavy (non-hydrogen) atoms. The first kappa shape index (κ1) is 22.6. The lowest BCUT2D eigenvalue weighted by Gasteiger charge is -2.26. The fourth-order valence-electron chi connectivity index (χ4n) is 3.05. The number of anilines is 3. The topological polar surface area (TPSA) is 55.8 Å². The van der Waals surface area contributed by atoms with Crippen molar-refractivity contribution in [2.45, 2.75) is 20.5 Å². The maximum absolute atomic E-state index is 11.6. The van der Waals surface area contributed by atoms with Crippen LogP contribution in [-0.2, 0) is 20.9 Å². The van der Waals surface area contributed by atoms with Gasteiger partial charge in [0.15, 0.2) is 0 Å². The van der Waals surface area contributed by atoms with Crippen molar-refractivity contribution in [3.8, 4) is 5.75 Å². The third kappa shape index (κ3) is 5.73. The normalized spacial score (nSPS) is 10.2. The third-order valence-electron chi connectivity index (χ3n) is 4.65. The van der Waals surface area contributed by atoms with Gasteiger partial charge < -0.3 is 14.4 Å². The molecule has 0 bridgehead atoms. The summed E-state index contributed by atoms with van der Waals surface area (Å²) in [6, 6.07) is 23.2. The molecular formula is C27H25NO4. The zero-order valence-electron chi connectivity index (χ0n) is 18.2. The minimum absolute atomic E-state index is 0.180. The van der Waals surface area contributed by atoms with Gasteiger partial charge in [-0.15, -0.1) is 0 Å². The lowest BCUT2D eigenvalue weighted by atomic mass is 10.1. The van der Waals surface area contributed by atoms with E-state index in [2.05, 4.69) is 24.1 Å². The van der Waals surface area contributed by atoms with E-state index in [1.54, 1.807) is 19.1 Å². The quantitative estimate of drug-likeness (QED) is 0.244. The minimum Gasteiger partial charge on any atom is -0.457 e. The van der Waals surface area contributed by atoms with Crippen molar-refractivity contribution < 1.29 is 19.1 Å². The van der Waals surface area contributed by atoms with Crippen LogP contribution in [0.15, 0.2) is 97.6 Å². The Balaban J connectivity index is 1.90. The van der Waals surface area contributed by atoms with Gasteiger partial charge in [-0.25, -0.2) is 9.59 Å². The molecule has 0 heterocycles. The summed E-state index contributed by atoms with van der Waals surface area (Å²) in [5, 5.41) is 0. The van der Waals surface area contributed by atoms with Crippen molar-refractivity contribution in [3.05, 3.63) is 109 Å². The fraction of sp³-hybridized carbons (Fsp3) is 0.111. The Morgan fingerprint density at radius 1 is 0.938 bits per heavy atom. The van der Waals surface area contributed by atoms with E-state index in [4.69, 9.17) is 9.47 Å². The van der Waals surface area contributed by atoms with Crippen LogP contribution in [0.3, 0.4) is 0 Å². The second-order valence-electron chi connectivity index (χ2n) is 7.32. The number of esters is 2. The molecule has 0 spiro atoms. The summed E-state index contributed by atoms with van der Waals surface area (Å²) in [6.07, 6.45) is 1.13.